The van der Waals surface area contributed by atoms with E-state index in [1.165, 1.54) is 75.5 Å². The number of thiophene rings is 1. The monoisotopic (exact) mass is 801 g/mol. The van der Waals surface area contributed by atoms with Crippen molar-refractivity contribution in [2.75, 3.05) is 26.2 Å². The maximum absolute atomic E-state index is 14.4. The standard InChI is InChI=1S/C50H59NO6S/c1-3-4-5-6-7-8-9-10-11-12-13-17-20-46(52)56-43-29-30-44-45(35-43)58-49(39-23-27-42(28-24-39)57-50(54)40-18-15-14-16-19-40)47(44)48(53)38-21-25-41(26-22-38)55-34-33-51-32-31-37(2)36-51/h14-16,18-19,21-30,35,37H,3-13,17,20,31-34,36H2,1-2H3. The molecule has 0 N–H and O–H groups in total. The van der Waals surface area contributed by atoms with Crippen LogP contribution in [0.4, 0.5) is 0 Å². The van der Waals surface area contributed by atoms with Crippen LogP contribution in [0.15, 0.2) is 97.1 Å². The number of unbranched alkanes of at least 4 members (excludes halogenated alkanes) is 11. The van der Waals surface area contributed by atoms with Crippen molar-refractivity contribution < 1.29 is 28.6 Å². The summed E-state index contributed by atoms with van der Waals surface area (Å²) in [6.07, 6.45) is 16.5. The summed E-state index contributed by atoms with van der Waals surface area (Å²) in [6, 6.07) is 28.9. The molecule has 58 heavy (non-hydrogen) atoms. The minimum absolute atomic E-state index is 0.116. The van der Waals surface area contributed by atoms with Crippen LogP contribution in [0.1, 0.15) is 130 Å². The zero-order valence-electron chi connectivity index (χ0n) is 34.3. The van der Waals surface area contributed by atoms with Gasteiger partial charge in [-0.05, 0) is 110 Å². The predicted molar refractivity (Wildman–Crippen MR) is 236 cm³/mol. The Morgan fingerprint density at radius 2 is 1.33 bits per heavy atom. The first kappa shape index (κ1) is 42.8. The lowest BCUT2D eigenvalue weighted by atomic mass is 9.97. The highest BCUT2D eigenvalue weighted by Crippen LogP contribution is 2.42. The lowest BCUT2D eigenvalue weighted by Crippen LogP contribution is -2.25. The van der Waals surface area contributed by atoms with Crippen LogP contribution >= 0.6 is 11.3 Å². The Kier molecular flexibility index (Phi) is 16.5. The molecule has 1 atom stereocenters. The largest absolute Gasteiger partial charge is 0.492 e. The fourth-order valence-corrected chi connectivity index (χ4v) is 8.88. The molecule has 0 spiro atoms. The number of rotatable bonds is 23. The Balaban J connectivity index is 1.10. The number of hydrogen-bond acceptors (Lipinski definition) is 8. The maximum Gasteiger partial charge on any atom is 0.343 e. The van der Waals surface area contributed by atoms with Crippen LogP contribution in [0, 0.1) is 5.92 Å². The second-order valence-corrected chi connectivity index (χ2v) is 16.8. The van der Waals surface area contributed by atoms with Crippen LogP contribution in [0.25, 0.3) is 20.5 Å². The SMILES string of the molecule is CCCCCCCCCCCCCCC(=O)Oc1ccc2c(C(=O)c3ccc(OCCN4CCC(C)C4)cc3)c(-c3ccc(OC(=O)c4ccccc4)cc3)sc2c1. The third-order valence-corrected chi connectivity index (χ3v) is 12.2. The van der Waals surface area contributed by atoms with E-state index in [-0.39, 0.29) is 11.8 Å². The maximum atomic E-state index is 14.4. The van der Waals surface area contributed by atoms with Gasteiger partial charge in [0.05, 0.1) is 5.56 Å². The molecule has 2 heterocycles. The van der Waals surface area contributed by atoms with Crippen LogP contribution in [-0.4, -0.2) is 48.9 Å². The Hall–Kier alpha value is -4.79. The first-order valence-electron chi connectivity index (χ1n) is 21.5. The second kappa shape index (κ2) is 22.4. The minimum atomic E-state index is -0.440. The van der Waals surface area contributed by atoms with E-state index in [1.54, 1.807) is 42.5 Å². The van der Waals surface area contributed by atoms with Gasteiger partial charge in [-0.1, -0.05) is 103 Å². The number of benzene rings is 4. The van der Waals surface area contributed by atoms with Gasteiger partial charge < -0.3 is 14.2 Å². The Morgan fingerprint density at radius 1 is 0.690 bits per heavy atom. The molecular weight excluding hydrogens is 743 g/mol. The molecule has 6 rings (SSSR count). The van der Waals surface area contributed by atoms with Crippen molar-refractivity contribution in [2.45, 2.75) is 104 Å². The van der Waals surface area contributed by atoms with Crippen LogP contribution in [0.3, 0.4) is 0 Å². The lowest BCUT2D eigenvalue weighted by Gasteiger charge is -2.15. The summed E-state index contributed by atoms with van der Waals surface area (Å²) in [5.41, 5.74) is 2.39. The molecule has 1 unspecified atom stereocenters. The minimum Gasteiger partial charge on any atom is -0.492 e. The molecule has 8 heteroatoms. The molecule has 0 radical (unpaired) electrons. The third-order valence-electron chi connectivity index (χ3n) is 11.0. The molecule has 7 nitrogen and oxygen atoms in total. The van der Waals surface area contributed by atoms with Crippen molar-refractivity contribution in [3.05, 3.63) is 114 Å². The van der Waals surface area contributed by atoms with Gasteiger partial charge in [-0.25, -0.2) is 4.79 Å². The molecular formula is C50H59NO6S. The van der Waals surface area contributed by atoms with Crippen molar-refractivity contribution in [3.63, 3.8) is 0 Å². The number of ether oxygens (including phenoxy) is 3. The van der Waals surface area contributed by atoms with Gasteiger partial charge in [-0.2, -0.15) is 0 Å². The highest BCUT2D eigenvalue weighted by atomic mass is 32.1. The van der Waals surface area contributed by atoms with E-state index in [4.69, 9.17) is 14.2 Å². The van der Waals surface area contributed by atoms with Crippen molar-refractivity contribution in [2.24, 2.45) is 5.92 Å². The molecule has 1 aromatic heterocycles. The molecule has 4 aromatic carbocycles. The first-order valence-corrected chi connectivity index (χ1v) is 22.3. The summed E-state index contributed by atoms with van der Waals surface area (Å²) < 4.78 is 18.3. The Bertz CT molecular complexity index is 2060. The smallest absolute Gasteiger partial charge is 0.343 e. The van der Waals surface area contributed by atoms with Crippen molar-refractivity contribution in [1.29, 1.82) is 0 Å². The van der Waals surface area contributed by atoms with E-state index in [1.807, 2.05) is 54.6 Å². The van der Waals surface area contributed by atoms with Gasteiger partial charge in [0.25, 0.3) is 0 Å². The number of carbonyl (C=O) groups excluding carboxylic acids is 3. The molecule has 306 valence electrons. The molecule has 0 aliphatic carbocycles. The summed E-state index contributed by atoms with van der Waals surface area (Å²) in [4.78, 5) is 43.2. The highest BCUT2D eigenvalue weighted by Gasteiger charge is 2.23. The Labute approximate surface area is 348 Å². The number of ketones is 1. The summed E-state index contributed by atoms with van der Waals surface area (Å²) in [5.74, 6) is 1.54. The first-order chi connectivity index (χ1) is 28.4. The van der Waals surface area contributed by atoms with E-state index < -0.39 is 5.97 Å². The number of fused-ring (bicyclic) bond motifs is 1. The van der Waals surface area contributed by atoms with Crippen molar-refractivity contribution in [3.8, 4) is 27.7 Å². The van der Waals surface area contributed by atoms with Gasteiger partial charge in [0.2, 0.25) is 0 Å². The van der Waals surface area contributed by atoms with E-state index in [9.17, 15) is 14.4 Å². The fourth-order valence-electron chi connectivity index (χ4n) is 7.65. The van der Waals surface area contributed by atoms with Crippen LogP contribution < -0.4 is 14.2 Å². The van der Waals surface area contributed by atoms with Gasteiger partial charge in [0.1, 0.15) is 23.9 Å². The number of likely N-dealkylation sites (tertiary alicyclic amines) is 1. The van der Waals surface area contributed by atoms with Gasteiger partial charge in [-0.15, -0.1) is 11.3 Å². The third kappa shape index (κ3) is 12.6. The van der Waals surface area contributed by atoms with Crippen LogP contribution in [-0.2, 0) is 4.79 Å². The molecule has 0 bridgehead atoms. The Morgan fingerprint density at radius 3 is 1.98 bits per heavy atom. The van der Waals surface area contributed by atoms with Gasteiger partial charge in [0, 0.05) is 45.6 Å². The number of esters is 2. The molecule has 0 amide bonds. The van der Waals surface area contributed by atoms with Crippen molar-refractivity contribution in [1.82, 2.24) is 4.90 Å². The van der Waals surface area contributed by atoms with Gasteiger partial charge in [0.15, 0.2) is 5.78 Å². The molecule has 1 aliphatic rings. The van der Waals surface area contributed by atoms with Crippen LogP contribution in [0.5, 0.6) is 17.2 Å². The molecule has 5 aromatic rings. The van der Waals surface area contributed by atoms with Crippen molar-refractivity contribution >= 4 is 39.1 Å². The average Bonchev–Trinajstić information content (AvgIpc) is 3.84. The van der Waals surface area contributed by atoms with E-state index in [0.29, 0.717) is 41.2 Å². The number of nitrogens with zero attached hydrogens (tertiary/aromatic N) is 1. The van der Waals surface area contributed by atoms with E-state index in [0.717, 1.165) is 71.1 Å². The van der Waals surface area contributed by atoms with Gasteiger partial charge >= 0.3 is 11.9 Å². The zero-order valence-corrected chi connectivity index (χ0v) is 35.2. The molecule has 0 saturated carbocycles. The normalized spacial score (nSPS) is 14.1. The zero-order chi connectivity index (χ0) is 40.5. The summed E-state index contributed by atoms with van der Waals surface area (Å²) in [7, 11) is 0. The summed E-state index contributed by atoms with van der Waals surface area (Å²) in [6.45, 7) is 8.25. The summed E-state index contributed by atoms with van der Waals surface area (Å²) >= 11 is 1.47. The number of hydrogen-bond donors (Lipinski definition) is 0. The predicted octanol–water partition coefficient (Wildman–Crippen LogP) is 12.7. The average molecular weight is 802 g/mol. The molecule has 1 aliphatic heterocycles. The fraction of sp³-hybridized carbons (Fsp3) is 0.420. The lowest BCUT2D eigenvalue weighted by molar-refractivity contribution is -0.134. The quantitative estimate of drug-likeness (QED) is 0.0281. The molecule has 1 fully saturated rings. The second-order valence-electron chi connectivity index (χ2n) is 15.8. The molecule has 1 saturated heterocycles. The van der Waals surface area contributed by atoms with Crippen LogP contribution in [0.2, 0.25) is 0 Å². The highest BCUT2D eigenvalue weighted by molar-refractivity contribution is 7.22. The topological polar surface area (TPSA) is 82.1 Å². The van der Waals surface area contributed by atoms with E-state index in [2.05, 4.69) is 18.7 Å². The van der Waals surface area contributed by atoms with Gasteiger partial charge in [-0.3, -0.25) is 14.5 Å². The van der Waals surface area contributed by atoms with E-state index >= 15 is 0 Å². The number of carbonyl (C=O) groups is 3. The summed E-state index contributed by atoms with van der Waals surface area (Å²) in [5, 5.41) is 0.783.